The molecule has 3 amide bonds. The number of nitrogens with zero attached hydrogens (tertiary/aromatic N) is 4. The molecule has 0 aliphatic carbocycles. The number of anilines is 3. The molecule has 9 aromatic rings. The summed E-state index contributed by atoms with van der Waals surface area (Å²) in [6, 6.07) is 44.3. The van der Waals surface area contributed by atoms with Gasteiger partial charge in [0.15, 0.2) is 0 Å². The van der Waals surface area contributed by atoms with Crippen molar-refractivity contribution in [3.63, 3.8) is 0 Å². The van der Waals surface area contributed by atoms with Crippen molar-refractivity contribution in [2.45, 2.75) is 64.7 Å². The van der Waals surface area contributed by atoms with Gasteiger partial charge in [0, 0.05) is 73.0 Å². The highest BCUT2D eigenvalue weighted by Crippen LogP contribution is 2.26. The number of carbonyl (C=O) groups excluding carboxylic acids is 5. The molecule has 412 valence electrons. The number of benzene rings is 6. The first kappa shape index (κ1) is 57.9. The molecule has 22 nitrogen and oxygen atoms in total. The number of carboxylic acids is 2. The average molecular weight is 1100 g/mol. The summed E-state index contributed by atoms with van der Waals surface area (Å²) in [6.45, 7) is 1.08. The largest absolute Gasteiger partial charge is 0.481 e. The van der Waals surface area contributed by atoms with Gasteiger partial charge in [0.2, 0.25) is 17.7 Å². The average Bonchev–Trinajstić information content (AvgIpc) is 4.10. The van der Waals surface area contributed by atoms with E-state index >= 15 is 0 Å². The summed E-state index contributed by atoms with van der Waals surface area (Å²) in [5, 5.41) is 43.1. The molecule has 22 heteroatoms. The van der Waals surface area contributed by atoms with Crippen LogP contribution in [0.2, 0.25) is 0 Å². The van der Waals surface area contributed by atoms with E-state index in [1.54, 1.807) is 48.5 Å². The van der Waals surface area contributed by atoms with E-state index in [2.05, 4.69) is 40.6 Å². The molecule has 81 heavy (non-hydrogen) atoms. The summed E-state index contributed by atoms with van der Waals surface area (Å²) in [6.07, 6.45) is 2.37. The summed E-state index contributed by atoms with van der Waals surface area (Å²) in [5.41, 5.74) is 12.3. The van der Waals surface area contributed by atoms with Gasteiger partial charge in [-0.05, 0) is 71.3 Å². The molecule has 0 bridgehead atoms. The Morgan fingerprint density at radius 3 is 1.32 bits per heavy atom. The quantitative estimate of drug-likeness (QED) is 0.0313. The fraction of sp³-hybridized carbons (Fsp3) is 0.169. The highest BCUT2D eigenvalue weighted by molar-refractivity contribution is 6.19. The van der Waals surface area contributed by atoms with Gasteiger partial charge in [-0.15, -0.1) is 0 Å². The molecule has 0 unspecified atom stereocenters. The van der Waals surface area contributed by atoms with Gasteiger partial charge in [-0.1, -0.05) is 91.0 Å². The van der Waals surface area contributed by atoms with Crippen LogP contribution >= 0.6 is 0 Å². The predicted molar refractivity (Wildman–Crippen MR) is 300 cm³/mol. The van der Waals surface area contributed by atoms with E-state index in [1.807, 2.05) is 97.1 Å². The van der Waals surface area contributed by atoms with Crippen molar-refractivity contribution in [1.29, 1.82) is 0 Å². The number of aliphatic carboxylic acids is 2. The van der Waals surface area contributed by atoms with Crippen LogP contribution in [0.25, 0.3) is 32.3 Å². The number of aromatic amines is 3. The molecule has 0 saturated carbocycles. The molecule has 0 atom stereocenters. The van der Waals surface area contributed by atoms with E-state index in [1.165, 1.54) is 4.90 Å². The SMILES string of the molecule is CC(=O)O.Nc1cccc(Cc2n[nH]c(=O)c3ccccc23)c1.O=C(O)CCC(=O)Nc1cccc(Cc2n[nH]c(=O)c3ccccc23)c1.O=C1CCC(=O)N1c1cccc(Cc2n[nH]c(=O)c3ccccc23)c1.O=C1CCC(=O)O1. The molecular formula is C59H53N9O13. The van der Waals surface area contributed by atoms with Gasteiger partial charge >= 0.3 is 17.9 Å². The van der Waals surface area contributed by atoms with E-state index in [0.717, 1.165) is 62.5 Å². The molecule has 2 saturated heterocycles. The number of nitrogens with one attached hydrogen (secondary N) is 4. The number of aromatic nitrogens is 6. The minimum absolute atomic E-state index is 0.0777. The lowest BCUT2D eigenvalue weighted by Gasteiger charge is -2.15. The summed E-state index contributed by atoms with van der Waals surface area (Å²) in [4.78, 5) is 112. The van der Waals surface area contributed by atoms with E-state index in [0.29, 0.717) is 46.8 Å². The van der Waals surface area contributed by atoms with Crippen LogP contribution in [0, 0.1) is 0 Å². The number of imide groups is 1. The highest BCUT2D eigenvalue weighted by Gasteiger charge is 2.30. The number of hydrogen-bond donors (Lipinski definition) is 7. The zero-order valence-electron chi connectivity index (χ0n) is 43.5. The van der Waals surface area contributed by atoms with Crippen LogP contribution in [0.15, 0.2) is 160 Å². The molecule has 6 aromatic carbocycles. The monoisotopic (exact) mass is 1100 g/mol. The number of esters is 2. The number of rotatable bonds is 11. The molecule has 2 aliphatic heterocycles. The van der Waals surface area contributed by atoms with Gasteiger partial charge in [0.1, 0.15) is 0 Å². The van der Waals surface area contributed by atoms with Crippen molar-refractivity contribution in [2.24, 2.45) is 0 Å². The van der Waals surface area contributed by atoms with Crippen LogP contribution in [0.1, 0.15) is 79.2 Å². The van der Waals surface area contributed by atoms with Crippen LogP contribution in [-0.2, 0) is 57.6 Å². The Morgan fingerprint density at radius 2 is 0.914 bits per heavy atom. The lowest BCUT2D eigenvalue weighted by molar-refractivity contribution is -0.152. The summed E-state index contributed by atoms with van der Waals surface area (Å²) < 4.78 is 4.08. The van der Waals surface area contributed by atoms with E-state index in [-0.39, 0.29) is 72.9 Å². The van der Waals surface area contributed by atoms with Crippen molar-refractivity contribution in [3.8, 4) is 0 Å². The second-order valence-corrected chi connectivity index (χ2v) is 18.2. The Balaban J connectivity index is 0.000000161. The summed E-state index contributed by atoms with van der Waals surface area (Å²) >= 11 is 0. The van der Waals surface area contributed by atoms with Crippen molar-refractivity contribution in [1.82, 2.24) is 30.6 Å². The minimum Gasteiger partial charge on any atom is -0.481 e. The normalized spacial score (nSPS) is 12.4. The number of carboxylic acid groups (broad SMARTS) is 2. The first-order chi connectivity index (χ1) is 38.9. The number of cyclic esters (lactones) is 2. The maximum absolute atomic E-state index is 11.9. The summed E-state index contributed by atoms with van der Waals surface area (Å²) in [7, 11) is 0. The Bertz CT molecular complexity index is 3990. The molecule has 5 heterocycles. The standard InChI is InChI=1S/C19H17N3O4.C19H15N3O3.C15H13N3O.C4H4O3.C2H4O2/c23-17(8-9-18(24)25)20-13-5-3-4-12(10-13)11-16-14-6-1-2-7-15(14)19(26)22-21-16;23-17-8-9-18(24)22(17)13-5-3-4-12(10-13)11-16-14-6-1-2-7-15(14)19(25)21-20-16;16-11-5-3-4-10(8-11)9-14-12-6-1-2-7-13(12)15(19)18-17-14;5-3-1-2-4(6)7-3;1-2(3)4/h1-7,10H,8-9,11H2,(H,20,23)(H,22,26)(H,24,25);1-7,10H,8-9,11H2,(H,21,25);1-8H,9,16H2,(H,18,19);1-2H2;1H3,(H,3,4). The number of hydrogen-bond acceptors (Lipinski definition) is 15. The van der Waals surface area contributed by atoms with Crippen LogP contribution in [0.3, 0.4) is 0 Å². The van der Waals surface area contributed by atoms with Crippen LogP contribution in [-0.4, -0.2) is 82.4 Å². The van der Waals surface area contributed by atoms with Crippen molar-refractivity contribution in [3.05, 3.63) is 210 Å². The zero-order valence-corrected chi connectivity index (χ0v) is 43.5. The topological polar surface area (TPSA) is 348 Å². The Hall–Kier alpha value is -10.8. The molecule has 11 rings (SSSR count). The molecule has 3 aromatic heterocycles. The van der Waals surface area contributed by atoms with Gasteiger partial charge in [-0.2, -0.15) is 15.3 Å². The smallest absolute Gasteiger partial charge is 0.314 e. The lowest BCUT2D eigenvalue weighted by Crippen LogP contribution is -2.28. The number of amides is 3. The zero-order chi connectivity index (χ0) is 58.0. The number of ether oxygens (including phenoxy) is 1. The van der Waals surface area contributed by atoms with Crippen molar-refractivity contribution >= 4 is 91.0 Å². The molecule has 2 fully saturated rings. The van der Waals surface area contributed by atoms with Gasteiger partial charge in [0.25, 0.3) is 22.6 Å². The first-order valence-electron chi connectivity index (χ1n) is 25.1. The van der Waals surface area contributed by atoms with Gasteiger partial charge in [0.05, 0.1) is 58.2 Å². The number of nitrogen functional groups attached to an aromatic ring is 1. The molecule has 0 radical (unpaired) electrons. The Kier molecular flexibility index (Phi) is 19.7. The third-order valence-electron chi connectivity index (χ3n) is 12.1. The Labute approximate surface area is 459 Å². The molecule has 8 N–H and O–H groups in total. The van der Waals surface area contributed by atoms with E-state index < -0.39 is 23.9 Å². The van der Waals surface area contributed by atoms with E-state index in [9.17, 15) is 43.2 Å². The maximum Gasteiger partial charge on any atom is 0.314 e. The third-order valence-corrected chi connectivity index (χ3v) is 12.1. The van der Waals surface area contributed by atoms with Crippen LogP contribution < -0.4 is 32.6 Å². The minimum atomic E-state index is -1.01. The first-order valence-corrected chi connectivity index (χ1v) is 25.1. The number of H-pyrrole nitrogens is 3. The fourth-order valence-electron chi connectivity index (χ4n) is 8.51. The fourth-order valence-corrected chi connectivity index (χ4v) is 8.51. The van der Waals surface area contributed by atoms with Crippen LogP contribution in [0.4, 0.5) is 17.1 Å². The maximum atomic E-state index is 11.9. The number of carbonyl (C=O) groups is 7. The number of fused-ring (bicyclic) bond motifs is 3. The van der Waals surface area contributed by atoms with Crippen LogP contribution in [0.5, 0.6) is 0 Å². The predicted octanol–water partition coefficient (Wildman–Crippen LogP) is 6.52. The second kappa shape index (κ2) is 27.5. The second-order valence-electron chi connectivity index (χ2n) is 18.2. The van der Waals surface area contributed by atoms with Gasteiger partial charge in [-0.3, -0.25) is 52.8 Å². The Morgan fingerprint density at radius 1 is 0.519 bits per heavy atom. The van der Waals surface area contributed by atoms with Gasteiger partial charge in [-0.25, -0.2) is 15.3 Å². The number of nitrogens with two attached hydrogens (primary N) is 1. The van der Waals surface area contributed by atoms with E-state index in [4.69, 9.17) is 20.7 Å². The van der Waals surface area contributed by atoms with Crippen molar-refractivity contribution in [2.75, 3.05) is 16.0 Å². The van der Waals surface area contributed by atoms with Crippen molar-refractivity contribution < 1.29 is 48.5 Å². The lowest BCUT2D eigenvalue weighted by atomic mass is 10.0. The molecule has 0 spiro atoms. The van der Waals surface area contributed by atoms with Gasteiger partial charge < -0.3 is 26.0 Å². The highest BCUT2D eigenvalue weighted by atomic mass is 16.6. The molecule has 2 aliphatic rings. The summed E-state index contributed by atoms with van der Waals surface area (Å²) in [5.74, 6) is -3.33. The third kappa shape index (κ3) is 16.4. The molecular weight excluding hydrogens is 1040 g/mol.